The predicted molar refractivity (Wildman–Crippen MR) is 71.7 cm³/mol. The Bertz CT molecular complexity index is 468. The van der Waals surface area contributed by atoms with E-state index < -0.39 is 0 Å². The zero-order chi connectivity index (χ0) is 12.1. The molecule has 0 N–H and O–H groups in total. The van der Waals surface area contributed by atoms with E-state index in [4.69, 9.17) is 0 Å². The number of carbonyl (C=O) groups excluding carboxylic acids is 2. The van der Waals surface area contributed by atoms with Crippen molar-refractivity contribution in [2.45, 2.75) is 6.92 Å². The molecule has 0 aliphatic heterocycles. The van der Waals surface area contributed by atoms with Gasteiger partial charge in [-0.1, -0.05) is 0 Å². The maximum Gasteiger partial charge on any atom is 0.303 e. The van der Waals surface area contributed by atoms with Gasteiger partial charge >= 0.3 is 5.91 Å². The molecule has 0 radical (unpaired) electrons. The number of anilines is 1. The summed E-state index contributed by atoms with van der Waals surface area (Å²) >= 11 is 1.82. The van der Waals surface area contributed by atoms with E-state index in [1.807, 2.05) is 22.6 Å². The average Bonchev–Trinajstić information content (AvgIpc) is 2.28. The number of nitrogens with zero attached hydrogens (tertiary/aromatic N) is 1. The van der Waals surface area contributed by atoms with Crippen molar-refractivity contribution < 1.29 is 9.59 Å². The van der Waals surface area contributed by atoms with E-state index in [0.29, 0.717) is 11.3 Å². The topological polar surface area (TPSA) is 37.4 Å². The lowest BCUT2D eigenvalue weighted by molar-refractivity contribution is -0.113. The zero-order valence-corrected chi connectivity index (χ0v) is 11.1. The Morgan fingerprint density at radius 1 is 1.25 bits per heavy atom. The molecule has 3 nitrogen and oxygen atoms in total. The average molecular weight is 327 g/mol. The monoisotopic (exact) mass is 327 g/mol. The molecule has 4 heteroatoms. The molecule has 82 valence electrons. The van der Waals surface area contributed by atoms with Crippen molar-refractivity contribution in [3.05, 3.63) is 29.8 Å². The lowest BCUT2D eigenvalue weighted by atomic mass is 10.1. The third-order valence-electron chi connectivity index (χ3n) is 2.12. The molecule has 0 heterocycles. The molecule has 1 amide bonds. The molecule has 16 heavy (non-hydrogen) atoms. The number of Topliss-reactive ketones (excluding diaryl/α,β-unsaturated/α-hetero) is 1. The minimum atomic E-state index is -0.273. The third-order valence-corrected chi connectivity index (χ3v) is 2.39. The van der Waals surface area contributed by atoms with Gasteiger partial charge in [-0.05, 0) is 35.1 Å². The van der Waals surface area contributed by atoms with Crippen LogP contribution in [-0.4, -0.2) is 18.7 Å². The molecule has 0 atom stereocenters. The van der Waals surface area contributed by atoms with E-state index in [0.717, 1.165) is 0 Å². The Hall–Kier alpha value is -1.35. The second-order valence-corrected chi connectivity index (χ2v) is 3.73. The van der Waals surface area contributed by atoms with Crippen LogP contribution in [0.3, 0.4) is 0 Å². The van der Waals surface area contributed by atoms with Gasteiger partial charge < -0.3 is 4.90 Å². The van der Waals surface area contributed by atoms with Crippen LogP contribution < -0.4 is 4.90 Å². The van der Waals surface area contributed by atoms with Crippen LogP contribution in [0.4, 0.5) is 5.69 Å². The first kappa shape index (κ1) is 12.7. The Kier molecular flexibility index (Phi) is 4.50. The number of amides is 1. The minimum absolute atomic E-state index is 0.00702. The summed E-state index contributed by atoms with van der Waals surface area (Å²) in [6.07, 6.45) is 0. The molecule has 0 bridgehead atoms. The van der Waals surface area contributed by atoms with Crippen LogP contribution in [0.2, 0.25) is 0 Å². The van der Waals surface area contributed by atoms with E-state index in [9.17, 15) is 9.59 Å². The number of halogens is 1. The maximum atomic E-state index is 11.4. The minimum Gasteiger partial charge on any atom is -0.305 e. The fourth-order valence-corrected chi connectivity index (χ4v) is 1.39. The van der Waals surface area contributed by atoms with Crippen molar-refractivity contribution in [3.8, 4) is 9.85 Å². The summed E-state index contributed by atoms with van der Waals surface area (Å²) in [7, 11) is 1.64. The van der Waals surface area contributed by atoms with Crippen molar-refractivity contribution in [2.24, 2.45) is 0 Å². The van der Waals surface area contributed by atoms with Gasteiger partial charge in [-0.15, -0.1) is 0 Å². The van der Waals surface area contributed by atoms with Gasteiger partial charge in [0.15, 0.2) is 5.78 Å². The van der Waals surface area contributed by atoms with Crippen LogP contribution in [0.15, 0.2) is 24.3 Å². The molecular weight excluding hydrogens is 317 g/mol. The van der Waals surface area contributed by atoms with E-state index in [2.05, 4.69) is 9.85 Å². The highest BCUT2D eigenvalue weighted by molar-refractivity contribution is 14.1. The molecule has 0 aliphatic rings. The number of ketones is 1. The highest BCUT2D eigenvalue weighted by Crippen LogP contribution is 2.14. The Morgan fingerprint density at radius 2 is 1.81 bits per heavy atom. The summed E-state index contributed by atoms with van der Waals surface area (Å²) in [5, 5.41) is 0. The summed E-state index contributed by atoms with van der Waals surface area (Å²) in [4.78, 5) is 23.9. The molecule has 1 aromatic rings. The number of carbonyl (C=O) groups is 2. The highest BCUT2D eigenvalue weighted by atomic mass is 127. The van der Waals surface area contributed by atoms with Gasteiger partial charge in [0.1, 0.15) is 0 Å². The lowest BCUT2D eigenvalue weighted by Gasteiger charge is -2.13. The quantitative estimate of drug-likeness (QED) is 0.475. The Balaban J connectivity index is 2.92. The number of hydrogen-bond acceptors (Lipinski definition) is 2. The van der Waals surface area contributed by atoms with Gasteiger partial charge in [0.25, 0.3) is 0 Å². The second-order valence-electron chi connectivity index (χ2n) is 3.19. The molecule has 0 fully saturated rings. The first-order valence-electron chi connectivity index (χ1n) is 4.56. The standard InChI is InChI=1S/C12H10INO2/c1-9(15)10-3-5-11(6-4-10)14(2)12(16)7-8-13/h3-6H,1-2H3. The third kappa shape index (κ3) is 3.07. The maximum absolute atomic E-state index is 11.4. The molecule has 0 unspecified atom stereocenters. The summed E-state index contributed by atoms with van der Waals surface area (Å²) in [5.41, 5.74) is 1.35. The predicted octanol–water partition coefficient (Wildman–Crippen LogP) is 2.25. The first-order chi connectivity index (χ1) is 7.56. The van der Waals surface area contributed by atoms with Crippen LogP contribution >= 0.6 is 22.6 Å². The number of benzene rings is 1. The molecule has 0 saturated heterocycles. The lowest BCUT2D eigenvalue weighted by Crippen LogP contribution is -2.24. The van der Waals surface area contributed by atoms with Gasteiger partial charge in [0.2, 0.25) is 0 Å². The van der Waals surface area contributed by atoms with Crippen molar-refractivity contribution in [1.82, 2.24) is 0 Å². The van der Waals surface area contributed by atoms with Crippen molar-refractivity contribution in [2.75, 3.05) is 11.9 Å². The van der Waals surface area contributed by atoms with Gasteiger partial charge in [0, 0.05) is 46.8 Å². The number of rotatable bonds is 2. The van der Waals surface area contributed by atoms with Crippen molar-refractivity contribution in [3.63, 3.8) is 0 Å². The molecule has 0 aromatic heterocycles. The highest BCUT2D eigenvalue weighted by Gasteiger charge is 2.08. The largest absolute Gasteiger partial charge is 0.305 e. The zero-order valence-electron chi connectivity index (χ0n) is 8.95. The summed E-state index contributed by atoms with van der Waals surface area (Å²) in [5.74, 6) is 2.17. The fourth-order valence-electron chi connectivity index (χ4n) is 1.16. The van der Waals surface area contributed by atoms with Gasteiger partial charge in [-0.25, -0.2) is 0 Å². The van der Waals surface area contributed by atoms with Crippen molar-refractivity contribution >= 4 is 40.0 Å². The van der Waals surface area contributed by atoms with E-state index in [1.165, 1.54) is 11.8 Å². The van der Waals surface area contributed by atoms with Crippen LogP contribution in [-0.2, 0) is 4.79 Å². The summed E-state index contributed by atoms with van der Waals surface area (Å²) in [6, 6.07) is 6.84. The first-order valence-corrected chi connectivity index (χ1v) is 5.64. The van der Waals surface area contributed by atoms with Gasteiger partial charge in [-0.3, -0.25) is 9.59 Å². The molecule has 0 saturated carbocycles. The van der Waals surface area contributed by atoms with Gasteiger partial charge in [-0.2, -0.15) is 0 Å². The van der Waals surface area contributed by atoms with Gasteiger partial charge in [0.05, 0.1) is 0 Å². The molecule has 0 aliphatic carbocycles. The molecule has 1 rings (SSSR count). The Morgan fingerprint density at radius 3 is 2.25 bits per heavy atom. The summed E-state index contributed by atoms with van der Waals surface area (Å²) < 4.78 is 2.52. The van der Waals surface area contributed by atoms with E-state index in [-0.39, 0.29) is 11.7 Å². The molecule has 1 aromatic carbocycles. The van der Waals surface area contributed by atoms with E-state index >= 15 is 0 Å². The number of hydrogen-bond donors (Lipinski definition) is 0. The molecule has 0 spiro atoms. The Labute approximate surface area is 108 Å². The van der Waals surface area contributed by atoms with Crippen LogP contribution in [0.1, 0.15) is 17.3 Å². The summed E-state index contributed by atoms with van der Waals surface area (Å²) in [6.45, 7) is 1.51. The van der Waals surface area contributed by atoms with Crippen LogP contribution in [0.25, 0.3) is 0 Å². The van der Waals surface area contributed by atoms with Crippen LogP contribution in [0.5, 0.6) is 0 Å². The van der Waals surface area contributed by atoms with E-state index in [1.54, 1.807) is 31.3 Å². The molecular formula is C12H10INO2. The SMILES string of the molecule is CC(=O)c1ccc(N(C)C(=O)C#CI)cc1. The smallest absolute Gasteiger partial charge is 0.303 e. The normalized spacial score (nSPS) is 8.94. The van der Waals surface area contributed by atoms with Crippen LogP contribution in [0, 0.1) is 9.85 Å². The second kappa shape index (κ2) is 5.66. The van der Waals surface area contributed by atoms with Crippen molar-refractivity contribution in [1.29, 1.82) is 0 Å². The fraction of sp³-hybridized carbons (Fsp3) is 0.167.